The van der Waals surface area contributed by atoms with Gasteiger partial charge < -0.3 is 15.0 Å². The molecule has 156 valence electrons. The van der Waals surface area contributed by atoms with Gasteiger partial charge in [0.2, 0.25) is 5.43 Å². The van der Waals surface area contributed by atoms with Crippen molar-refractivity contribution in [3.63, 3.8) is 0 Å². The van der Waals surface area contributed by atoms with Gasteiger partial charge in [-0.15, -0.1) is 0 Å². The third-order valence-electron chi connectivity index (χ3n) is 4.84. The summed E-state index contributed by atoms with van der Waals surface area (Å²) >= 11 is 0. The van der Waals surface area contributed by atoms with Crippen molar-refractivity contribution in [2.24, 2.45) is 0 Å². The van der Waals surface area contributed by atoms with Crippen molar-refractivity contribution in [1.29, 1.82) is 0 Å². The van der Waals surface area contributed by atoms with Crippen LogP contribution in [-0.2, 0) is 4.74 Å². The van der Waals surface area contributed by atoms with Crippen molar-refractivity contribution in [3.8, 4) is 5.69 Å². The van der Waals surface area contributed by atoms with Gasteiger partial charge in [0.15, 0.2) is 23.1 Å². The highest BCUT2D eigenvalue weighted by Crippen LogP contribution is 2.24. The maximum Gasteiger partial charge on any atom is 0.343 e. The lowest BCUT2D eigenvalue weighted by molar-refractivity contribution is 0.0524. The zero-order chi connectivity index (χ0) is 21.3. The molecule has 30 heavy (non-hydrogen) atoms. The summed E-state index contributed by atoms with van der Waals surface area (Å²) in [7, 11) is 0. The van der Waals surface area contributed by atoms with Crippen molar-refractivity contribution in [2.75, 3.05) is 37.7 Å². The number of nitrogens with one attached hydrogen (secondary N) is 1. The maximum absolute atomic E-state index is 14.9. The first-order valence-corrected chi connectivity index (χ1v) is 9.50. The Morgan fingerprint density at radius 3 is 2.73 bits per heavy atom. The minimum Gasteiger partial charge on any atom is -0.462 e. The van der Waals surface area contributed by atoms with Crippen molar-refractivity contribution < 1.29 is 18.3 Å². The van der Waals surface area contributed by atoms with Gasteiger partial charge in [0.05, 0.1) is 23.9 Å². The molecule has 0 unspecified atom stereocenters. The number of halogens is 2. The predicted octanol–water partition coefficient (Wildman–Crippen LogP) is 1.65. The number of esters is 1. The van der Waals surface area contributed by atoms with E-state index in [0.717, 1.165) is 12.3 Å². The predicted molar refractivity (Wildman–Crippen MR) is 106 cm³/mol. The number of aromatic nitrogens is 3. The van der Waals surface area contributed by atoms with Gasteiger partial charge in [-0.1, -0.05) is 0 Å². The lowest BCUT2D eigenvalue weighted by atomic mass is 10.1. The van der Waals surface area contributed by atoms with E-state index in [4.69, 9.17) is 4.74 Å². The number of hydrogen-bond acceptors (Lipinski definition) is 7. The van der Waals surface area contributed by atoms with Crippen LogP contribution in [0.4, 0.5) is 14.6 Å². The fraction of sp³-hybridized carbons (Fsp3) is 0.300. The fourth-order valence-corrected chi connectivity index (χ4v) is 3.41. The monoisotopic (exact) mass is 415 g/mol. The lowest BCUT2D eigenvalue weighted by Crippen LogP contribution is -2.44. The molecule has 0 radical (unpaired) electrons. The summed E-state index contributed by atoms with van der Waals surface area (Å²) in [6, 6.07) is 2.42. The SMILES string of the molecule is CCOC(=O)c1cn(-c2ccncc2F)c2nc(N3CCNCC3)c(F)cc2c1=O. The molecule has 0 amide bonds. The van der Waals surface area contributed by atoms with E-state index in [2.05, 4.69) is 15.3 Å². The summed E-state index contributed by atoms with van der Waals surface area (Å²) in [5, 5.41) is 3.03. The number of anilines is 1. The number of carbonyl (C=O) groups is 1. The standard InChI is InChI=1S/C20H19F2N5O3/c1-2-30-20(29)13-11-27(16-3-4-24-10-15(16)22)18-12(17(13)28)9-14(21)19(25-18)26-7-5-23-6-8-26/h3-4,9-11,23H,2,5-8H2,1H3. The molecule has 1 fully saturated rings. The third-order valence-corrected chi connectivity index (χ3v) is 4.84. The zero-order valence-electron chi connectivity index (χ0n) is 16.2. The molecule has 1 saturated heterocycles. The number of hydrogen-bond donors (Lipinski definition) is 1. The van der Waals surface area contributed by atoms with Crippen LogP contribution in [0.25, 0.3) is 16.7 Å². The Morgan fingerprint density at radius 2 is 2.03 bits per heavy atom. The minimum atomic E-state index is -0.876. The highest BCUT2D eigenvalue weighted by Gasteiger charge is 2.23. The average molecular weight is 415 g/mol. The molecule has 10 heteroatoms. The molecule has 0 aliphatic carbocycles. The van der Waals surface area contributed by atoms with E-state index in [9.17, 15) is 18.4 Å². The fourth-order valence-electron chi connectivity index (χ4n) is 3.41. The maximum atomic E-state index is 14.9. The van der Waals surface area contributed by atoms with Gasteiger partial charge in [-0.25, -0.2) is 18.6 Å². The summed E-state index contributed by atoms with van der Waals surface area (Å²) in [5.41, 5.74) is -1.01. The first-order chi connectivity index (χ1) is 14.5. The number of ether oxygens (including phenoxy) is 1. The van der Waals surface area contributed by atoms with E-state index in [-0.39, 0.29) is 34.7 Å². The van der Waals surface area contributed by atoms with Gasteiger partial charge in [0.25, 0.3) is 0 Å². The van der Waals surface area contributed by atoms with Gasteiger partial charge in [-0.05, 0) is 19.1 Å². The van der Waals surface area contributed by atoms with E-state index in [1.54, 1.807) is 11.8 Å². The number of carbonyl (C=O) groups excluding carboxylic acids is 1. The Bertz CT molecular complexity index is 1180. The molecule has 0 bridgehead atoms. The van der Waals surface area contributed by atoms with Crippen LogP contribution in [0.1, 0.15) is 17.3 Å². The molecule has 4 heterocycles. The molecule has 0 aromatic carbocycles. The van der Waals surface area contributed by atoms with Crippen molar-refractivity contribution in [2.45, 2.75) is 6.92 Å². The van der Waals surface area contributed by atoms with E-state index < -0.39 is 23.0 Å². The highest BCUT2D eigenvalue weighted by molar-refractivity contribution is 5.93. The molecular weight excluding hydrogens is 396 g/mol. The van der Waals surface area contributed by atoms with Gasteiger partial charge >= 0.3 is 5.97 Å². The second kappa shape index (κ2) is 8.15. The second-order valence-corrected chi connectivity index (χ2v) is 6.69. The van der Waals surface area contributed by atoms with Crippen LogP contribution >= 0.6 is 0 Å². The van der Waals surface area contributed by atoms with E-state index in [1.165, 1.54) is 23.0 Å². The number of piperazine rings is 1. The van der Waals surface area contributed by atoms with Crippen molar-refractivity contribution in [3.05, 3.63) is 58.1 Å². The molecule has 1 aliphatic heterocycles. The molecule has 8 nitrogen and oxygen atoms in total. The Balaban J connectivity index is 2.02. The molecule has 0 atom stereocenters. The van der Waals surface area contributed by atoms with Crippen LogP contribution in [0.15, 0.2) is 35.5 Å². The Kier molecular flexibility index (Phi) is 5.40. The van der Waals surface area contributed by atoms with Crippen LogP contribution in [0.5, 0.6) is 0 Å². The highest BCUT2D eigenvalue weighted by atomic mass is 19.1. The second-order valence-electron chi connectivity index (χ2n) is 6.69. The van der Waals surface area contributed by atoms with Crippen LogP contribution in [-0.4, -0.2) is 53.3 Å². The third kappa shape index (κ3) is 3.50. The summed E-state index contributed by atoms with van der Waals surface area (Å²) in [5.74, 6) is -2.19. The number of nitrogens with zero attached hydrogens (tertiary/aromatic N) is 4. The van der Waals surface area contributed by atoms with Crippen molar-refractivity contribution in [1.82, 2.24) is 19.9 Å². The first kappa shape index (κ1) is 19.9. The number of fused-ring (bicyclic) bond motifs is 1. The number of rotatable bonds is 4. The number of pyridine rings is 3. The minimum absolute atomic E-state index is 0.0194. The molecule has 1 aliphatic rings. The first-order valence-electron chi connectivity index (χ1n) is 9.50. The van der Waals surface area contributed by atoms with Gasteiger partial charge in [0, 0.05) is 38.6 Å². The largest absolute Gasteiger partial charge is 0.462 e. The molecule has 0 saturated carbocycles. The smallest absolute Gasteiger partial charge is 0.343 e. The van der Waals surface area contributed by atoms with E-state index >= 15 is 0 Å². The summed E-state index contributed by atoms with van der Waals surface area (Å²) in [6.45, 7) is 4.03. The summed E-state index contributed by atoms with van der Waals surface area (Å²) in [4.78, 5) is 35.1. The average Bonchev–Trinajstić information content (AvgIpc) is 2.75. The lowest BCUT2D eigenvalue weighted by Gasteiger charge is -2.29. The van der Waals surface area contributed by atoms with Gasteiger partial charge in [0.1, 0.15) is 5.56 Å². The van der Waals surface area contributed by atoms with E-state index in [0.29, 0.717) is 26.2 Å². The molecule has 0 spiro atoms. The molecule has 3 aromatic heterocycles. The Labute approximate surface area is 170 Å². The topological polar surface area (TPSA) is 89.3 Å². The van der Waals surface area contributed by atoms with Crippen LogP contribution in [0, 0.1) is 11.6 Å². The van der Waals surface area contributed by atoms with Crippen LogP contribution < -0.4 is 15.6 Å². The quantitative estimate of drug-likeness (QED) is 0.648. The van der Waals surface area contributed by atoms with Crippen molar-refractivity contribution >= 4 is 22.8 Å². The summed E-state index contributed by atoms with van der Waals surface area (Å²) < 4.78 is 35.6. The van der Waals surface area contributed by atoms with Gasteiger partial charge in [-0.2, -0.15) is 0 Å². The molecular formula is C20H19F2N5O3. The zero-order valence-corrected chi connectivity index (χ0v) is 16.2. The summed E-state index contributed by atoms with van der Waals surface area (Å²) in [6.07, 6.45) is 3.55. The molecule has 3 aromatic rings. The van der Waals surface area contributed by atoms with Crippen LogP contribution in [0.3, 0.4) is 0 Å². The van der Waals surface area contributed by atoms with Crippen LogP contribution in [0.2, 0.25) is 0 Å². The molecule has 4 rings (SSSR count). The van der Waals surface area contributed by atoms with Gasteiger partial charge in [-0.3, -0.25) is 14.3 Å². The Hall–Kier alpha value is -3.40. The molecule has 1 N–H and O–H groups in total. The normalized spacial score (nSPS) is 14.2. The Morgan fingerprint density at radius 1 is 1.27 bits per heavy atom. The van der Waals surface area contributed by atoms with E-state index in [1.807, 2.05) is 0 Å².